The average Bonchev–Trinajstić information content (AvgIpc) is 2.28. The lowest BCUT2D eigenvalue weighted by atomic mass is 10.2. The molecule has 17 heavy (non-hydrogen) atoms. The Morgan fingerprint density at radius 2 is 2.06 bits per heavy atom. The van der Waals surface area contributed by atoms with Crippen LogP contribution in [0.15, 0.2) is 27.5 Å². The van der Waals surface area contributed by atoms with Crippen molar-refractivity contribution in [3.8, 4) is 11.4 Å². The highest BCUT2D eigenvalue weighted by Gasteiger charge is 2.11. The fraction of sp³-hybridized carbons (Fsp3) is 0.0909. The largest absolute Gasteiger partial charge is 0.304 e. The third kappa shape index (κ3) is 2.26. The highest BCUT2D eigenvalue weighted by atomic mass is 79.9. The normalized spacial score (nSPS) is 10.6. The lowest BCUT2D eigenvalue weighted by Crippen LogP contribution is -2.15. The van der Waals surface area contributed by atoms with E-state index in [1.54, 1.807) is 0 Å². The predicted molar refractivity (Wildman–Crippen MR) is 62.6 cm³/mol. The van der Waals surface area contributed by atoms with Gasteiger partial charge in [0, 0.05) is 10.0 Å². The summed E-state index contributed by atoms with van der Waals surface area (Å²) in [5.74, 6) is -1.27. The summed E-state index contributed by atoms with van der Waals surface area (Å²) in [5.41, 5.74) is -0.534. The van der Waals surface area contributed by atoms with Gasteiger partial charge in [-0.05, 0) is 25.1 Å². The van der Waals surface area contributed by atoms with Gasteiger partial charge < -0.3 is 4.98 Å². The smallest absolute Gasteiger partial charge is 0.287 e. The molecule has 0 unspecified atom stereocenters. The number of hydrogen-bond donors (Lipinski definition) is 1. The molecule has 1 aromatic carbocycles. The molecule has 0 atom stereocenters. The summed E-state index contributed by atoms with van der Waals surface area (Å²) in [7, 11) is 0. The van der Waals surface area contributed by atoms with Gasteiger partial charge in [0.15, 0.2) is 0 Å². The second-order valence-electron chi connectivity index (χ2n) is 3.44. The topological polar surface area (TPSA) is 45.8 Å². The number of H-pyrrole nitrogens is 1. The van der Waals surface area contributed by atoms with E-state index in [2.05, 4.69) is 25.9 Å². The summed E-state index contributed by atoms with van der Waals surface area (Å²) in [6.45, 7) is 1.38. The van der Waals surface area contributed by atoms with Gasteiger partial charge in [-0.1, -0.05) is 15.9 Å². The first-order valence-electron chi connectivity index (χ1n) is 4.71. The van der Waals surface area contributed by atoms with Gasteiger partial charge in [-0.25, -0.2) is 9.37 Å². The predicted octanol–water partition coefficient (Wildman–Crippen LogP) is 2.79. The number of aromatic nitrogens is 2. The number of nitrogens with one attached hydrogen (secondary N) is 1. The maximum Gasteiger partial charge on any atom is 0.287 e. The van der Waals surface area contributed by atoms with Crippen LogP contribution in [0, 0.1) is 18.6 Å². The molecule has 0 spiro atoms. The molecule has 1 aromatic heterocycles. The van der Waals surface area contributed by atoms with Gasteiger partial charge in [-0.3, -0.25) is 4.79 Å². The van der Waals surface area contributed by atoms with Crippen LogP contribution in [-0.4, -0.2) is 9.97 Å². The third-order valence-corrected chi connectivity index (χ3v) is 2.90. The molecule has 0 bridgehead atoms. The maximum atomic E-state index is 13.1. The molecule has 0 aliphatic heterocycles. The Morgan fingerprint density at radius 1 is 1.35 bits per heavy atom. The van der Waals surface area contributed by atoms with Crippen molar-refractivity contribution in [1.82, 2.24) is 9.97 Å². The van der Waals surface area contributed by atoms with Crippen molar-refractivity contribution in [3.05, 3.63) is 50.4 Å². The Bertz CT molecular complexity index is 640. The van der Waals surface area contributed by atoms with Crippen molar-refractivity contribution >= 4 is 15.9 Å². The second-order valence-corrected chi connectivity index (χ2v) is 4.29. The molecular weight excluding hydrogens is 294 g/mol. The van der Waals surface area contributed by atoms with Crippen LogP contribution < -0.4 is 5.56 Å². The number of halogens is 3. The standard InChI is InChI=1S/C11H7BrF2N2O/c1-5-9(14)11(17)16-10(15-5)7-4-6(13)2-3-8(7)12/h2-4H,1H3,(H,15,16,17). The molecule has 1 heterocycles. The molecule has 6 heteroatoms. The van der Waals surface area contributed by atoms with Crippen LogP contribution in [-0.2, 0) is 0 Å². The van der Waals surface area contributed by atoms with Crippen molar-refractivity contribution in [1.29, 1.82) is 0 Å². The molecular formula is C11H7BrF2N2O. The summed E-state index contributed by atoms with van der Waals surface area (Å²) in [6.07, 6.45) is 0. The van der Waals surface area contributed by atoms with Crippen molar-refractivity contribution in [2.24, 2.45) is 0 Å². The fourth-order valence-corrected chi connectivity index (χ4v) is 1.81. The summed E-state index contributed by atoms with van der Waals surface area (Å²) in [5, 5.41) is 0. The molecule has 2 aromatic rings. The van der Waals surface area contributed by atoms with Crippen molar-refractivity contribution in [2.45, 2.75) is 6.92 Å². The first kappa shape index (κ1) is 11.9. The monoisotopic (exact) mass is 300 g/mol. The first-order chi connectivity index (χ1) is 7.99. The third-order valence-electron chi connectivity index (χ3n) is 2.21. The van der Waals surface area contributed by atoms with Gasteiger partial charge in [0.25, 0.3) is 5.56 Å². The minimum absolute atomic E-state index is 0.0279. The van der Waals surface area contributed by atoms with Crippen LogP contribution in [0.5, 0.6) is 0 Å². The van der Waals surface area contributed by atoms with Gasteiger partial charge in [-0.2, -0.15) is 4.39 Å². The zero-order valence-electron chi connectivity index (χ0n) is 8.72. The van der Waals surface area contributed by atoms with E-state index in [9.17, 15) is 13.6 Å². The first-order valence-corrected chi connectivity index (χ1v) is 5.50. The molecule has 0 saturated carbocycles. The average molecular weight is 301 g/mol. The van der Waals surface area contributed by atoms with E-state index in [0.29, 0.717) is 10.0 Å². The molecule has 0 radical (unpaired) electrons. The lowest BCUT2D eigenvalue weighted by molar-refractivity contribution is 0.589. The minimum atomic E-state index is -0.929. The van der Waals surface area contributed by atoms with Crippen LogP contribution in [0.2, 0.25) is 0 Å². The van der Waals surface area contributed by atoms with E-state index in [1.165, 1.54) is 25.1 Å². The number of aryl methyl sites for hydroxylation is 1. The van der Waals surface area contributed by atoms with Crippen molar-refractivity contribution < 1.29 is 8.78 Å². The number of hydrogen-bond acceptors (Lipinski definition) is 2. The number of benzene rings is 1. The Balaban J connectivity index is 2.69. The van der Waals surface area contributed by atoms with E-state index < -0.39 is 17.2 Å². The molecule has 0 amide bonds. The molecule has 0 aliphatic rings. The maximum absolute atomic E-state index is 13.1. The zero-order valence-corrected chi connectivity index (χ0v) is 10.3. The molecule has 88 valence electrons. The Kier molecular flexibility index (Phi) is 3.06. The van der Waals surface area contributed by atoms with Crippen LogP contribution in [0.3, 0.4) is 0 Å². The van der Waals surface area contributed by atoms with Gasteiger partial charge >= 0.3 is 0 Å². The van der Waals surface area contributed by atoms with Crippen LogP contribution >= 0.6 is 15.9 Å². The summed E-state index contributed by atoms with van der Waals surface area (Å²) < 4.78 is 26.8. The lowest BCUT2D eigenvalue weighted by Gasteiger charge is -2.05. The van der Waals surface area contributed by atoms with Gasteiger partial charge in [-0.15, -0.1) is 0 Å². The quantitative estimate of drug-likeness (QED) is 0.880. The Hall–Kier alpha value is -1.56. The van der Waals surface area contributed by atoms with E-state index in [1.807, 2.05) is 0 Å². The fourth-order valence-electron chi connectivity index (χ4n) is 1.38. The van der Waals surface area contributed by atoms with Crippen LogP contribution in [0.25, 0.3) is 11.4 Å². The Labute approximate surface area is 104 Å². The molecule has 0 fully saturated rings. The summed E-state index contributed by atoms with van der Waals surface area (Å²) in [4.78, 5) is 17.4. The highest BCUT2D eigenvalue weighted by molar-refractivity contribution is 9.10. The van der Waals surface area contributed by atoms with Crippen LogP contribution in [0.4, 0.5) is 8.78 Å². The molecule has 2 rings (SSSR count). The van der Waals surface area contributed by atoms with Crippen molar-refractivity contribution in [2.75, 3.05) is 0 Å². The van der Waals surface area contributed by atoms with Crippen LogP contribution in [0.1, 0.15) is 5.69 Å². The highest BCUT2D eigenvalue weighted by Crippen LogP contribution is 2.25. The van der Waals surface area contributed by atoms with E-state index >= 15 is 0 Å². The summed E-state index contributed by atoms with van der Waals surface area (Å²) in [6, 6.07) is 3.96. The Morgan fingerprint density at radius 3 is 2.71 bits per heavy atom. The summed E-state index contributed by atoms with van der Waals surface area (Å²) >= 11 is 3.21. The minimum Gasteiger partial charge on any atom is -0.304 e. The van der Waals surface area contributed by atoms with E-state index in [-0.39, 0.29) is 11.5 Å². The van der Waals surface area contributed by atoms with E-state index in [0.717, 1.165) is 0 Å². The van der Waals surface area contributed by atoms with Gasteiger partial charge in [0.1, 0.15) is 11.6 Å². The van der Waals surface area contributed by atoms with E-state index in [4.69, 9.17) is 0 Å². The number of nitrogens with zero attached hydrogens (tertiary/aromatic N) is 1. The molecule has 0 saturated heterocycles. The SMILES string of the molecule is Cc1nc(-c2cc(F)ccc2Br)[nH]c(=O)c1F. The molecule has 3 nitrogen and oxygen atoms in total. The van der Waals surface area contributed by atoms with Gasteiger partial charge in [0.05, 0.1) is 5.69 Å². The van der Waals surface area contributed by atoms with Gasteiger partial charge in [0.2, 0.25) is 5.82 Å². The van der Waals surface area contributed by atoms with Crippen molar-refractivity contribution in [3.63, 3.8) is 0 Å². The molecule has 0 aliphatic carbocycles. The number of rotatable bonds is 1. The number of aromatic amines is 1. The molecule has 1 N–H and O–H groups in total. The second kappa shape index (κ2) is 4.37. The zero-order chi connectivity index (χ0) is 12.6.